The van der Waals surface area contributed by atoms with Crippen LogP contribution in [0, 0.1) is 5.92 Å². The zero-order valence-electron chi connectivity index (χ0n) is 16.1. The van der Waals surface area contributed by atoms with Gasteiger partial charge < -0.3 is 16.0 Å². The molecule has 1 saturated heterocycles. The number of carbonyl (C=O) groups is 2. The molecule has 3 N–H and O–H groups in total. The molecule has 0 radical (unpaired) electrons. The second-order valence-electron chi connectivity index (χ2n) is 7.16. The lowest BCUT2D eigenvalue weighted by atomic mass is 9.95. The van der Waals surface area contributed by atoms with E-state index in [0.717, 1.165) is 18.4 Å². The van der Waals surface area contributed by atoms with Gasteiger partial charge in [-0.2, -0.15) is 5.10 Å². The van der Waals surface area contributed by atoms with Gasteiger partial charge in [0.15, 0.2) is 0 Å². The van der Waals surface area contributed by atoms with Crippen LogP contribution in [0.5, 0.6) is 0 Å². The van der Waals surface area contributed by atoms with Gasteiger partial charge in [0.05, 0.1) is 11.8 Å². The van der Waals surface area contributed by atoms with Gasteiger partial charge in [0.2, 0.25) is 5.91 Å². The Kier molecular flexibility index (Phi) is 8.02. The first kappa shape index (κ1) is 21.9. The molecule has 1 aliphatic heterocycles. The third kappa shape index (κ3) is 5.81. The predicted molar refractivity (Wildman–Crippen MR) is 110 cm³/mol. The molecule has 2 amide bonds. The van der Waals surface area contributed by atoms with Crippen LogP contribution >= 0.6 is 12.4 Å². The van der Waals surface area contributed by atoms with Crippen molar-refractivity contribution in [1.29, 1.82) is 0 Å². The molecule has 2 heterocycles. The van der Waals surface area contributed by atoms with E-state index in [1.165, 1.54) is 0 Å². The molecule has 1 aromatic carbocycles. The standard InChI is InChI=1S/C20H27N5O2.ClH/c1-24-14-17(13-23-24)20(27)22-12-15-7-9-25(10-8-15)19(26)11-18(21)16-5-3-2-4-6-16;/h2-6,13-15,18H,7-12,21H2,1H3,(H,22,27);1H. The molecule has 8 heteroatoms. The largest absolute Gasteiger partial charge is 0.352 e. The average Bonchev–Trinajstić information content (AvgIpc) is 3.13. The predicted octanol–water partition coefficient (Wildman–Crippen LogP) is 1.90. The number of nitrogens with zero attached hydrogens (tertiary/aromatic N) is 3. The monoisotopic (exact) mass is 405 g/mol. The number of hydrogen-bond acceptors (Lipinski definition) is 4. The summed E-state index contributed by atoms with van der Waals surface area (Å²) in [5.41, 5.74) is 7.72. The third-order valence-corrected chi connectivity index (χ3v) is 5.11. The van der Waals surface area contributed by atoms with Gasteiger partial charge in [-0.25, -0.2) is 0 Å². The summed E-state index contributed by atoms with van der Waals surface area (Å²) in [5, 5.41) is 6.97. The molecule has 0 spiro atoms. The highest BCUT2D eigenvalue weighted by molar-refractivity contribution is 5.93. The SMILES string of the molecule is Cl.Cn1cc(C(=O)NCC2CCN(C(=O)CC(N)c3ccccc3)CC2)cn1. The van der Waals surface area contributed by atoms with Gasteiger partial charge in [0.25, 0.3) is 5.91 Å². The number of benzene rings is 1. The number of carbonyl (C=O) groups excluding carboxylic acids is 2. The first-order valence-corrected chi connectivity index (χ1v) is 9.38. The molecule has 0 bridgehead atoms. The van der Waals surface area contributed by atoms with Crippen molar-refractivity contribution in [3.05, 3.63) is 53.9 Å². The third-order valence-electron chi connectivity index (χ3n) is 5.11. The first-order valence-electron chi connectivity index (χ1n) is 9.38. The van der Waals surface area contributed by atoms with Crippen LogP contribution in [0.1, 0.15) is 41.2 Å². The fourth-order valence-corrected chi connectivity index (χ4v) is 3.40. The van der Waals surface area contributed by atoms with E-state index in [4.69, 9.17) is 5.73 Å². The maximum atomic E-state index is 12.5. The Labute approximate surface area is 171 Å². The molecule has 2 aromatic rings. The quantitative estimate of drug-likeness (QED) is 0.767. The number of halogens is 1. The summed E-state index contributed by atoms with van der Waals surface area (Å²) in [4.78, 5) is 26.5. The van der Waals surface area contributed by atoms with Crippen LogP contribution in [0.2, 0.25) is 0 Å². The summed E-state index contributed by atoms with van der Waals surface area (Å²) in [6, 6.07) is 9.45. The topological polar surface area (TPSA) is 93.2 Å². The molecule has 28 heavy (non-hydrogen) atoms. The average molecular weight is 406 g/mol. The molecule has 152 valence electrons. The molecule has 3 rings (SSSR count). The number of amides is 2. The first-order chi connectivity index (χ1) is 13.0. The van der Waals surface area contributed by atoms with Crippen LogP contribution in [0.15, 0.2) is 42.7 Å². The van der Waals surface area contributed by atoms with Gasteiger partial charge >= 0.3 is 0 Å². The van der Waals surface area contributed by atoms with E-state index in [1.54, 1.807) is 24.1 Å². The van der Waals surface area contributed by atoms with Crippen LogP contribution < -0.4 is 11.1 Å². The molecule has 1 fully saturated rings. The van der Waals surface area contributed by atoms with Crippen molar-refractivity contribution < 1.29 is 9.59 Å². The van der Waals surface area contributed by atoms with Crippen LogP contribution in [0.4, 0.5) is 0 Å². The number of piperidine rings is 1. The minimum Gasteiger partial charge on any atom is -0.352 e. The smallest absolute Gasteiger partial charge is 0.254 e. The second-order valence-corrected chi connectivity index (χ2v) is 7.16. The lowest BCUT2D eigenvalue weighted by Gasteiger charge is -2.32. The Hall–Kier alpha value is -2.38. The van der Waals surface area contributed by atoms with E-state index < -0.39 is 0 Å². The summed E-state index contributed by atoms with van der Waals surface area (Å²) in [6.07, 6.45) is 5.37. The summed E-state index contributed by atoms with van der Waals surface area (Å²) in [7, 11) is 1.78. The fraction of sp³-hybridized carbons (Fsp3) is 0.450. The van der Waals surface area contributed by atoms with Crippen molar-refractivity contribution in [2.45, 2.75) is 25.3 Å². The molecule has 0 aliphatic carbocycles. The van der Waals surface area contributed by atoms with Gasteiger partial charge in [-0.3, -0.25) is 14.3 Å². The summed E-state index contributed by atoms with van der Waals surface area (Å²) >= 11 is 0. The number of hydrogen-bond donors (Lipinski definition) is 2. The molecule has 1 aliphatic rings. The lowest BCUT2D eigenvalue weighted by Crippen LogP contribution is -2.42. The minimum absolute atomic E-state index is 0. The van der Waals surface area contributed by atoms with E-state index in [2.05, 4.69) is 10.4 Å². The van der Waals surface area contributed by atoms with Gasteiger partial charge in [-0.15, -0.1) is 12.4 Å². The Bertz CT molecular complexity index is 772. The zero-order chi connectivity index (χ0) is 19.2. The Morgan fingerprint density at radius 3 is 2.54 bits per heavy atom. The summed E-state index contributed by atoms with van der Waals surface area (Å²) in [5.74, 6) is 0.386. The highest BCUT2D eigenvalue weighted by atomic mass is 35.5. The molecular formula is C20H28ClN5O2. The highest BCUT2D eigenvalue weighted by Gasteiger charge is 2.24. The number of likely N-dealkylation sites (tertiary alicyclic amines) is 1. The minimum atomic E-state index is -0.268. The van der Waals surface area contributed by atoms with Gasteiger partial charge in [0.1, 0.15) is 0 Å². The zero-order valence-corrected chi connectivity index (χ0v) is 16.9. The second kappa shape index (κ2) is 10.2. The molecule has 1 aromatic heterocycles. The van der Waals surface area contributed by atoms with Crippen molar-refractivity contribution in [2.24, 2.45) is 18.7 Å². The lowest BCUT2D eigenvalue weighted by molar-refractivity contribution is -0.133. The molecule has 1 atom stereocenters. The number of rotatable bonds is 6. The van der Waals surface area contributed by atoms with E-state index in [-0.39, 0.29) is 30.3 Å². The van der Waals surface area contributed by atoms with Gasteiger partial charge in [0, 0.05) is 45.3 Å². The van der Waals surface area contributed by atoms with Crippen LogP contribution in [0.25, 0.3) is 0 Å². The van der Waals surface area contributed by atoms with Gasteiger partial charge in [-0.1, -0.05) is 30.3 Å². The van der Waals surface area contributed by atoms with E-state index in [0.29, 0.717) is 37.5 Å². The number of nitrogens with one attached hydrogen (secondary N) is 1. The molecule has 0 saturated carbocycles. The fourth-order valence-electron chi connectivity index (χ4n) is 3.40. The summed E-state index contributed by atoms with van der Waals surface area (Å²) in [6.45, 7) is 2.06. The number of aryl methyl sites for hydroxylation is 1. The van der Waals surface area contributed by atoms with Crippen LogP contribution in [-0.4, -0.2) is 46.1 Å². The Balaban J connectivity index is 0.00000280. The van der Waals surface area contributed by atoms with E-state index in [9.17, 15) is 9.59 Å². The van der Waals surface area contributed by atoms with Gasteiger partial charge in [-0.05, 0) is 24.3 Å². The van der Waals surface area contributed by atoms with Crippen molar-refractivity contribution in [2.75, 3.05) is 19.6 Å². The Morgan fingerprint density at radius 1 is 1.25 bits per heavy atom. The van der Waals surface area contributed by atoms with E-state index >= 15 is 0 Å². The van der Waals surface area contributed by atoms with Crippen molar-refractivity contribution in [1.82, 2.24) is 20.0 Å². The maximum Gasteiger partial charge on any atom is 0.254 e. The van der Waals surface area contributed by atoms with Crippen molar-refractivity contribution in [3.8, 4) is 0 Å². The van der Waals surface area contributed by atoms with E-state index in [1.807, 2.05) is 35.2 Å². The summed E-state index contributed by atoms with van der Waals surface area (Å²) < 4.78 is 1.61. The number of nitrogens with two attached hydrogens (primary N) is 1. The molecule has 7 nitrogen and oxygen atoms in total. The van der Waals surface area contributed by atoms with Crippen LogP contribution in [-0.2, 0) is 11.8 Å². The van der Waals surface area contributed by atoms with Crippen LogP contribution in [0.3, 0.4) is 0 Å². The molecule has 1 unspecified atom stereocenters. The van der Waals surface area contributed by atoms with Crippen molar-refractivity contribution >= 4 is 24.2 Å². The Morgan fingerprint density at radius 2 is 1.93 bits per heavy atom. The molecular weight excluding hydrogens is 378 g/mol. The normalized spacial score (nSPS) is 15.6. The highest BCUT2D eigenvalue weighted by Crippen LogP contribution is 2.20. The van der Waals surface area contributed by atoms with Crippen molar-refractivity contribution in [3.63, 3.8) is 0 Å². The number of aromatic nitrogens is 2. The maximum absolute atomic E-state index is 12.5.